The molecule has 2 aromatic carbocycles. The highest BCUT2D eigenvalue weighted by Crippen LogP contribution is 2.23. The van der Waals surface area contributed by atoms with Gasteiger partial charge in [0.05, 0.1) is 0 Å². The van der Waals surface area contributed by atoms with Crippen LogP contribution in [-0.2, 0) is 0 Å². The number of hydrogen-bond donors (Lipinski definition) is 0. The standard InChI is InChI=1S/C13H9F2/c1-9-3-2-4-10(7-9)12-6-5-11(14)8-13(12)15/h2,4-8H,1H3. The summed E-state index contributed by atoms with van der Waals surface area (Å²) in [4.78, 5) is 0. The summed E-state index contributed by atoms with van der Waals surface area (Å²) >= 11 is 0. The molecule has 0 bridgehead atoms. The van der Waals surface area contributed by atoms with Crippen molar-refractivity contribution in [2.24, 2.45) is 0 Å². The predicted octanol–water partition coefficient (Wildman–Crippen LogP) is 3.74. The molecule has 0 nitrogen and oxygen atoms in total. The summed E-state index contributed by atoms with van der Waals surface area (Å²) < 4.78 is 26.1. The molecule has 0 spiro atoms. The maximum Gasteiger partial charge on any atom is 0.133 e. The summed E-state index contributed by atoms with van der Waals surface area (Å²) in [6.45, 7) is 1.88. The van der Waals surface area contributed by atoms with Crippen molar-refractivity contribution in [1.29, 1.82) is 0 Å². The van der Waals surface area contributed by atoms with E-state index in [1.54, 1.807) is 12.1 Å². The van der Waals surface area contributed by atoms with Gasteiger partial charge in [0.15, 0.2) is 0 Å². The highest BCUT2D eigenvalue weighted by Gasteiger charge is 2.05. The number of aryl methyl sites for hydroxylation is 1. The molecule has 0 amide bonds. The van der Waals surface area contributed by atoms with Crippen LogP contribution in [0.25, 0.3) is 11.1 Å². The Labute approximate surface area is 87.2 Å². The van der Waals surface area contributed by atoms with E-state index >= 15 is 0 Å². The molecule has 0 N–H and O–H groups in total. The first-order valence-corrected chi connectivity index (χ1v) is 4.60. The van der Waals surface area contributed by atoms with Gasteiger partial charge in [-0.25, -0.2) is 8.78 Å². The van der Waals surface area contributed by atoms with Gasteiger partial charge in [-0.15, -0.1) is 0 Å². The number of rotatable bonds is 1. The van der Waals surface area contributed by atoms with Crippen LogP contribution in [-0.4, -0.2) is 0 Å². The van der Waals surface area contributed by atoms with E-state index in [-0.39, 0.29) is 0 Å². The zero-order chi connectivity index (χ0) is 10.8. The van der Waals surface area contributed by atoms with Crippen molar-refractivity contribution < 1.29 is 8.78 Å². The van der Waals surface area contributed by atoms with Crippen LogP contribution in [0, 0.1) is 24.6 Å². The Morgan fingerprint density at radius 2 is 1.87 bits per heavy atom. The molecule has 2 rings (SSSR count). The minimum Gasteiger partial charge on any atom is -0.207 e. The maximum absolute atomic E-state index is 13.4. The molecule has 1 radical (unpaired) electrons. The Balaban J connectivity index is 2.54. The molecule has 2 heteroatoms. The van der Waals surface area contributed by atoms with Crippen LogP contribution in [0.4, 0.5) is 8.78 Å². The van der Waals surface area contributed by atoms with Gasteiger partial charge in [0.2, 0.25) is 0 Å². The monoisotopic (exact) mass is 203 g/mol. The third-order valence-corrected chi connectivity index (χ3v) is 2.19. The lowest BCUT2D eigenvalue weighted by atomic mass is 10.0. The van der Waals surface area contributed by atoms with E-state index in [0.717, 1.165) is 17.2 Å². The first-order chi connectivity index (χ1) is 7.16. The zero-order valence-corrected chi connectivity index (χ0v) is 8.22. The summed E-state index contributed by atoms with van der Waals surface area (Å²) in [7, 11) is 0. The molecule has 0 saturated carbocycles. The molecule has 0 saturated heterocycles. The van der Waals surface area contributed by atoms with E-state index in [1.165, 1.54) is 12.1 Å². The zero-order valence-electron chi connectivity index (χ0n) is 8.22. The van der Waals surface area contributed by atoms with Gasteiger partial charge in [-0.05, 0) is 36.2 Å². The van der Waals surface area contributed by atoms with E-state index in [4.69, 9.17) is 0 Å². The molecule has 0 aliphatic rings. The van der Waals surface area contributed by atoms with Crippen LogP contribution in [0.1, 0.15) is 5.56 Å². The third-order valence-electron chi connectivity index (χ3n) is 2.19. The Morgan fingerprint density at radius 1 is 1.07 bits per heavy atom. The normalized spacial score (nSPS) is 10.3. The largest absolute Gasteiger partial charge is 0.207 e. The first-order valence-electron chi connectivity index (χ1n) is 4.60. The maximum atomic E-state index is 13.4. The summed E-state index contributed by atoms with van der Waals surface area (Å²) in [5.74, 6) is -1.10. The van der Waals surface area contributed by atoms with Crippen molar-refractivity contribution in [3.05, 3.63) is 59.7 Å². The molecule has 0 unspecified atom stereocenters. The molecule has 0 aliphatic heterocycles. The molecule has 0 aliphatic carbocycles. The smallest absolute Gasteiger partial charge is 0.133 e. The van der Waals surface area contributed by atoms with E-state index in [2.05, 4.69) is 6.07 Å². The topological polar surface area (TPSA) is 0 Å². The SMILES string of the molecule is Cc1[c]ccc(-c2ccc(F)cc2F)c1. The lowest BCUT2D eigenvalue weighted by Gasteiger charge is -2.04. The van der Waals surface area contributed by atoms with Gasteiger partial charge in [-0.3, -0.25) is 0 Å². The fraction of sp³-hybridized carbons (Fsp3) is 0.0769. The Hall–Kier alpha value is -1.70. The van der Waals surface area contributed by atoms with E-state index in [9.17, 15) is 8.78 Å². The molecule has 0 heterocycles. The molecular weight excluding hydrogens is 194 g/mol. The van der Waals surface area contributed by atoms with Crippen molar-refractivity contribution >= 4 is 0 Å². The molecule has 2 aromatic rings. The quantitative estimate of drug-likeness (QED) is 0.662. The lowest BCUT2D eigenvalue weighted by molar-refractivity contribution is 0.585. The second-order valence-electron chi connectivity index (χ2n) is 3.38. The van der Waals surface area contributed by atoms with Crippen LogP contribution >= 0.6 is 0 Å². The Morgan fingerprint density at radius 3 is 2.53 bits per heavy atom. The molecule has 0 aromatic heterocycles. The van der Waals surface area contributed by atoms with Crippen LogP contribution in [0.3, 0.4) is 0 Å². The van der Waals surface area contributed by atoms with Crippen LogP contribution in [0.2, 0.25) is 0 Å². The van der Waals surface area contributed by atoms with Crippen molar-refractivity contribution in [3.8, 4) is 11.1 Å². The van der Waals surface area contributed by atoms with Gasteiger partial charge in [0, 0.05) is 11.6 Å². The second-order valence-corrected chi connectivity index (χ2v) is 3.38. The number of benzene rings is 2. The molecule has 0 atom stereocenters. The number of halogens is 2. The summed E-state index contributed by atoms with van der Waals surface area (Å²) in [6.07, 6.45) is 0. The first kappa shape index (κ1) is 9.84. The Bertz CT molecular complexity index is 490. The average molecular weight is 203 g/mol. The average Bonchev–Trinajstić information content (AvgIpc) is 2.17. The fourth-order valence-corrected chi connectivity index (χ4v) is 1.48. The van der Waals surface area contributed by atoms with E-state index in [0.29, 0.717) is 5.56 Å². The molecular formula is C13H9F2. The lowest BCUT2D eigenvalue weighted by Crippen LogP contribution is -1.86. The second kappa shape index (κ2) is 3.81. The highest BCUT2D eigenvalue weighted by atomic mass is 19.1. The van der Waals surface area contributed by atoms with Crippen LogP contribution < -0.4 is 0 Å². The van der Waals surface area contributed by atoms with Crippen molar-refractivity contribution in [2.45, 2.75) is 6.92 Å². The molecule has 0 fully saturated rings. The van der Waals surface area contributed by atoms with Gasteiger partial charge in [0.1, 0.15) is 11.6 Å². The van der Waals surface area contributed by atoms with Gasteiger partial charge >= 0.3 is 0 Å². The van der Waals surface area contributed by atoms with Crippen LogP contribution in [0.15, 0.2) is 36.4 Å². The van der Waals surface area contributed by atoms with Gasteiger partial charge in [-0.2, -0.15) is 0 Å². The Kier molecular flexibility index (Phi) is 2.50. The van der Waals surface area contributed by atoms with Crippen molar-refractivity contribution in [1.82, 2.24) is 0 Å². The molecule has 15 heavy (non-hydrogen) atoms. The third kappa shape index (κ3) is 2.04. The van der Waals surface area contributed by atoms with E-state index < -0.39 is 11.6 Å². The number of hydrogen-bond acceptors (Lipinski definition) is 0. The minimum absolute atomic E-state index is 0.411. The fourth-order valence-electron chi connectivity index (χ4n) is 1.48. The summed E-state index contributed by atoms with van der Waals surface area (Å²) in [5.41, 5.74) is 2.08. The summed E-state index contributed by atoms with van der Waals surface area (Å²) in [6, 6.07) is 11.9. The summed E-state index contributed by atoms with van der Waals surface area (Å²) in [5, 5.41) is 0. The van der Waals surface area contributed by atoms with Gasteiger partial charge in [-0.1, -0.05) is 18.2 Å². The van der Waals surface area contributed by atoms with Gasteiger partial charge in [0.25, 0.3) is 0 Å². The molecule has 75 valence electrons. The highest BCUT2D eigenvalue weighted by molar-refractivity contribution is 5.64. The van der Waals surface area contributed by atoms with Crippen molar-refractivity contribution in [2.75, 3.05) is 0 Å². The van der Waals surface area contributed by atoms with E-state index in [1.807, 2.05) is 13.0 Å². The van der Waals surface area contributed by atoms with Crippen LogP contribution in [0.5, 0.6) is 0 Å². The van der Waals surface area contributed by atoms with Crippen molar-refractivity contribution in [3.63, 3.8) is 0 Å². The van der Waals surface area contributed by atoms with Gasteiger partial charge < -0.3 is 0 Å². The minimum atomic E-state index is -0.560. The predicted molar refractivity (Wildman–Crippen MR) is 55.4 cm³/mol.